The van der Waals surface area contributed by atoms with Gasteiger partial charge in [0.25, 0.3) is 5.69 Å². The van der Waals surface area contributed by atoms with Gasteiger partial charge >= 0.3 is 0 Å². The fraction of sp³-hybridized carbons (Fsp3) is 0.125. The zero-order valence-electron chi connectivity index (χ0n) is 12.7. The topological polar surface area (TPSA) is 86.5 Å². The van der Waals surface area contributed by atoms with E-state index in [9.17, 15) is 18.5 Å². The normalized spacial score (nSPS) is 11.6. The summed E-state index contributed by atoms with van der Waals surface area (Å²) in [4.78, 5) is 10.3. The number of hydrogen-bond acceptors (Lipinski definition) is 5. The smallest absolute Gasteiger partial charge is 0.270 e. The average molecular weight is 459 g/mol. The van der Waals surface area contributed by atoms with Crippen molar-refractivity contribution in [3.8, 4) is 5.75 Å². The fourth-order valence-electron chi connectivity index (χ4n) is 2.01. The maximum Gasteiger partial charge on any atom is 0.270 e. The van der Waals surface area contributed by atoms with Crippen LogP contribution >= 0.6 is 22.6 Å². The highest BCUT2D eigenvalue weighted by Crippen LogP contribution is 2.26. The summed E-state index contributed by atoms with van der Waals surface area (Å²) in [5.74, 6) is -0.0783. The van der Waals surface area contributed by atoms with Gasteiger partial charge in [-0.2, -0.15) is 0 Å². The summed E-state index contributed by atoms with van der Waals surface area (Å²) in [5.41, 5.74) is 0.826. The van der Waals surface area contributed by atoms with E-state index in [1.807, 2.05) is 24.3 Å². The van der Waals surface area contributed by atoms with Crippen LogP contribution in [0.25, 0.3) is 6.08 Å². The molecule has 6 nitrogen and oxygen atoms in total. The first-order valence-electron chi connectivity index (χ1n) is 6.78. The lowest BCUT2D eigenvalue weighted by atomic mass is 10.2. The molecule has 8 heteroatoms. The first kappa shape index (κ1) is 18.4. The van der Waals surface area contributed by atoms with Crippen LogP contribution in [0.15, 0.2) is 47.9 Å². The molecule has 0 radical (unpaired) electrons. The van der Waals surface area contributed by atoms with Gasteiger partial charge in [0.05, 0.1) is 17.8 Å². The standard InChI is InChI=1S/C16H14INO5S/c1-23-16-7-6-15(18(19)20)10-13(16)11-24(21,22)9-8-12-2-4-14(17)5-3-12/h2-10H,11H2,1H3/b9-8+. The van der Waals surface area contributed by atoms with Crippen LogP contribution in [-0.2, 0) is 15.6 Å². The number of benzene rings is 2. The number of ether oxygens (including phenoxy) is 1. The van der Waals surface area contributed by atoms with Gasteiger partial charge in [-0.1, -0.05) is 12.1 Å². The number of sulfone groups is 1. The third-order valence-electron chi connectivity index (χ3n) is 3.17. The summed E-state index contributed by atoms with van der Waals surface area (Å²) in [7, 11) is -2.22. The molecule has 0 unspecified atom stereocenters. The van der Waals surface area contributed by atoms with E-state index in [1.54, 1.807) is 0 Å². The van der Waals surface area contributed by atoms with Crippen molar-refractivity contribution in [2.75, 3.05) is 7.11 Å². The summed E-state index contributed by atoms with van der Waals surface area (Å²) in [5, 5.41) is 12.0. The number of nitro groups is 1. The Labute approximate surface area is 153 Å². The summed E-state index contributed by atoms with van der Waals surface area (Å²) < 4.78 is 30.7. The van der Waals surface area contributed by atoms with Crippen LogP contribution in [0.3, 0.4) is 0 Å². The van der Waals surface area contributed by atoms with Crippen molar-refractivity contribution in [3.63, 3.8) is 0 Å². The minimum Gasteiger partial charge on any atom is -0.496 e. The van der Waals surface area contributed by atoms with Gasteiger partial charge in [-0.05, 0) is 52.4 Å². The molecule has 0 N–H and O–H groups in total. The maximum absolute atomic E-state index is 12.3. The predicted octanol–water partition coefficient (Wildman–Crippen LogP) is 3.79. The summed E-state index contributed by atoms with van der Waals surface area (Å²) in [6.07, 6.45) is 1.50. The van der Waals surface area contributed by atoms with Gasteiger partial charge in [0.15, 0.2) is 9.84 Å². The maximum atomic E-state index is 12.3. The molecule has 0 aliphatic carbocycles. The van der Waals surface area contributed by atoms with E-state index in [2.05, 4.69) is 22.6 Å². The molecule has 0 aliphatic heterocycles. The third kappa shape index (κ3) is 5.03. The fourth-order valence-corrected chi connectivity index (χ4v) is 3.49. The molecule has 0 spiro atoms. The van der Waals surface area contributed by atoms with E-state index in [0.29, 0.717) is 5.75 Å². The SMILES string of the molecule is COc1ccc([N+](=O)[O-])cc1CS(=O)(=O)/C=C/c1ccc(I)cc1. The zero-order valence-corrected chi connectivity index (χ0v) is 15.7. The monoisotopic (exact) mass is 459 g/mol. The Morgan fingerprint density at radius 1 is 1.21 bits per heavy atom. The number of nitrogens with zero attached hydrogens (tertiary/aromatic N) is 1. The minimum absolute atomic E-state index is 0.178. The lowest BCUT2D eigenvalue weighted by Gasteiger charge is -2.07. The minimum atomic E-state index is -3.60. The molecular weight excluding hydrogens is 445 g/mol. The molecule has 2 aromatic carbocycles. The number of methoxy groups -OCH3 is 1. The van der Waals surface area contributed by atoms with Gasteiger partial charge in [0.2, 0.25) is 0 Å². The van der Waals surface area contributed by atoms with E-state index in [-0.39, 0.29) is 17.0 Å². The first-order chi connectivity index (χ1) is 11.3. The molecule has 0 fully saturated rings. The Hall–Kier alpha value is -1.94. The molecule has 2 rings (SSSR count). The van der Waals surface area contributed by atoms with Gasteiger partial charge in [0, 0.05) is 26.7 Å². The Balaban J connectivity index is 2.26. The van der Waals surface area contributed by atoms with Crippen LogP contribution < -0.4 is 4.74 Å². The highest BCUT2D eigenvalue weighted by Gasteiger charge is 2.16. The second-order valence-corrected chi connectivity index (χ2v) is 8.05. The number of rotatable bonds is 6. The quantitative estimate of drug-likeness (QED) is 0.373. The molecule has 0 aromatic heterocycles. The summed E-state index contributed by atoms with van der Waals surface area (Å²) in [6, 6.07) is 11.2. The summed E-state index contributed by atoms with van der Waals surface area (Å²) in [6.45, 7) is 0. The Kier molecular flexibility index (Phi) is 5.94. The molecule has 0 saturated heterocycles. The van der Waals surface area contributed by atoms with Gasteiger partial charge in [-0.25, -0.2) is 8.42 Å². The van der Waals surface area contributed by atoms with Gasteiger partial charge in [-0.15, -0.1) is 0 Å². The number of halogens is 1. The highest BCUT2D eigenvalue weighted by atomic mass is 127. The molecule has 0 heterocycles. The van der Waals surface area contributed by atoms with Crippen molar-refractivity contribution in [1.29, 1.82) is 0 Å². The van der Waals surface area contributed by atoms with Crippen molar-refractivity contribution >= 4 is 44.2 Å². The predicted molar refractivity (Wildman–Crippen MR) is 100 cm³/mol. The molecule has 2 aromatic rings. The number of hydrogen-bond donors (Lipinski definition) is 0. The van der Waals surface area contributed by atoms with Gasteiger partial charge in [0.1, 0.15) is 5.75 Å². The van der Waals surface area contributed by atoms with Crippen LogP contribution in [0.4, 0.5) is 5.69 Å². The average Bonchev–Trinajstić information content (AvgIpc) is 2.54. The highest BCUT2D eigenvalue weighted by molar-refractivity contribution is 14.1. The van der Waals surface area contributed by atoms with Crippen molar-refractivity contribution < 1.29 is 18.1 Å². The Bertz CT molecular complexity index is 876. The molecule has 0 atom stereocenters. The van der Waals surface area contributed by atoms with Crippen LogP contribution in [0.2, 0.25) is 0 Å². The largest absolute Gasteiger partial charge is 0.496 e. The van der Waals surface area contributed by atoms with Crippen molar-refractivity contribution in [2.45, 2.75) is 5.75 Å². The van der Waals surface area contributed by atoms with E-state index >= 15 is 0 Å². The molecular formula is C16H14INO5S. The van der Waals surface area contributed by atoms with Gasteiger partial charge < -0.3 is 4.74 Å². The molecule has 126 valence electrons. The molecule has 0 amide bonds. The Morgan fingerprint density at radius 3 is 2.46 bits per heavy atom. The van der Waals surface area contributed by atoms with Gasteiger partial charge in [-0.3, -0.25) is 10.1 Å². The second kappa shape index (κ2) is 7.75. The number of nitro benzene ring substituents is 1. The van der Waals surface area contributed by atoms with Crippen molar-refractivity contribution in [3.05, 3.63) is 72.7 Å². The first-order valence-corrected chi connectivity index (χ1v) is 9.58. The third-order valence-corrected chi connectivity index (χ3v) is 5.15. The van der Waals surface area contributed by atoms with Crippen LogP contribution in [0.5, 0.6) is 5.75 Å². The molecule has 24 heavy (non-hydrogen) atoms. The van der Waals surface area contributed by atoms with Crippen LogP contribution in [0, 0.1) is 13.7 Å². The van der Waals surface area contributed by atoms with E-state index < -0.39 is 14.8 Å². The summed E-state index contributed by atoms with van der Waals surface area (Å²) >= 11 is 2.16. The van der Waals surface area contributed by atoms with Crippen LogP contribution in [0.1, 0.15) is 11.1 Å². The Morgan fingerprint density at radius 2 is 1.88 bits per heavy atom. The lowest BCUT2D eigenvalue weighted by molar-refractivity contribution is -0.384. The van der Waals surface area contributed by atoms with Crippen molar-refractivity contribution in [2.24, 2.45) is 0 Å². The van der Waals surface area contributed by atoms with E-state index in [0.717, 1.165) is 14.5 Å². The number of non-ortho nitro benzene ring substituents is 1. The van der Waals surface area contributed by atoms with Crippen LogP contribution in [-0.4, -0.2) is 20.5 Å². The molecule has 0 aliphatic rings. The zero-order chi connectivity index (χ0) is 17.7. The molecule has 0 saturated carbocycles. The second-order valence-electron chi connectivity index (χ2n) is 4.91. The molecule has 0 bridgehead atoms. The van der Waals surface area contributed by atoms with E-state index in [1.165, 1.54) is 31.4 Å². The van der Waals surface area contributed by atoms with Crippen molar-refractivity contribution in [1.82, 2.24) is 0 Å². The van der Waals surface area contributed by atoms with E-state index in [4.69, 9.17) is 4.74 Å². The lowest BCUT2D eigenvalue weighted by Crippen LogP contribution is -2.03.